The molecule has 78 valence electrons. The summed E-state index contributed by atoms with van der Waals surface area (Å²) in [5.41, 5.74) is 6.68. The smallest absolute Gasteiger partial charge is 0.307 e. The van der Waals surface area contributed by atoms with Crippen LogP contribution in [0.4, 0.5) is 0 Å². The van der Waals surface area contributed by atoms with E-state index in [9.17, 15) is 4.79 Å². The molecule has 0 heterocycles. The van der Waals surface area contributed by atoms with Gasteiger partial charge in [-0.05, 0) is 17.2 Å². The molecule has 0 aliphatic carbocycles. The van der Waals surface area contributed by atoms with Crippen LogP contribution in [-0.4, -0.2) is 11.1 Å². The molecule has 0 fully saturated rings. The lowest BCUT2D eigenvalue weighted by Crippen LogP contribution is -2.06. The number of carbonyl (C=O) groups is 1. The van der Waals surface area contributed by atoms with Gasteiger partial charge in [0.1, 0.15) is 0 Å². The molecule has 15 heavy (non-hydrogen) atoms. The summed E-state index contributed by atoms with van der Waals surface area (Å²) in [5.74, 6) is -1.03. The largest absolute Gasteiger partial charge is 0.481 e. The Morgan fingerprint density at radius 1 is 1.60 bits per heavy atom. The number of hydrogen-bond acceptors (Lipinski definition) is 3. The van der Waals surface area contributed by atoms with E-state index in [4.69, 9.17) is 27.7 Å². The van der Waals surface area contributed by atoms with Crippen LogP contribution in [0.25, 0.3) is 0 Å². The van der Waals surface area contributed by atoms with E-state index >= 15 is 0 Å². The van der Waals surface area contributed by atoms with Crippen molar-refractivity contribution in [2.45, 2.75) is 13.0 Å². The third kappa shape index (κ3) is 2.46. The van der Waals surface area contributed by atoms with E-state index in [1.165, 1.54) is 6.07 Å². The van der Waals surface area contributed by atoms with Crippen LogP contribution in [0.2, 0.25) is 5.02 Å². The van der Waals surface area contributed by atoms with Crippen LogP contribution < -0.4 is 5.73 Å². The Kier molecular flexibility index (Phi) is 3.67. The van der Waals surface area contributed by atoms with E-state index < -0.39 is 5.97 Å². The maximum absolute atomic E-state index is 10.6. The third-order valence-electron chi connectivity index (χ3n) is 1.99. The normalized spacial score (nSPS) is 9.67. The van der Waals surface area contributed by atoms with Crippen LogP contribution in [0.5, 0.6) is 0 Å². The van der Waals surface area contributed by atoms with Crippen LogP contribution in [0, 0.1) is 11.3 Å². The van der Waals surface area contributed by atoms with Gasteiger partial charge in [-0.15, -0.1) is 0 Å². The van der Waals surface area contributed by atoms with E-state index in [2.05, 4.69) is 0 Å². The first-order valence-electron chi connectivity index (χ1n) is 4.22. The van der Waals surface area contributed by atoms with Gasteiger partial charge in [-0.3, -0.25) is 4.79 Å². The predicted molar refractivity (Wildman–Crippen MR) is 55.4 cm³/mol. The summed E-state index contributed by atoms with van der Waals surface area (Å²) in [6.07, 6.45) is -0.268. The first kappa shape index (κ1) is 11.5. The molecule has 5 heteroatoms. The van der Waals surface area contributed by atoms with Crippen molar-refractivity contribution in [2.75, 3.05) is 0 Å². The van der Waals surface area contributed by atoms with E-state index in [-0.39, 0.29) is 23.6 Å². The fourth-order valence-corrected chi connectivity index (χ4v) is 1.56. The second-order valence-electron chi connectivity index (χ2n) is 2.95. The molecule has 0 spiro atoms. The van der Waals surface area contributed by atoms with Crippen molar-refractivity contribution >= 4 is 17.6 Å². The van der Waals surface area contributed by atoms with Gasteiger partial charge in [-0.1, -0.05) is 17.7 Å². The lowest BCUT2D eigenvalue weighted by molar-refractivity contribution is -0.136. The van der Waals surface area contributed by atoms with Gasteiger partial charge in [0.05, 0.1) is 23.1 Å². The summed E-state index contributed by atoms with van der Waals surface area (Å²) in [6.45, 7) is 0.219. The second kappa shape index (κ2) is 4.78. The minimum Gasteiger partial charge on any atom is -0.481 e. The highest BCUT2D eigenvalue weighted by atomic mass is 35.5. The topological polar surface area (TPSA) is 87.1 Å². The lowest BCUT2D eigenvalue weighted by Gasteiger charge is -2.08. The molecule has 4 nitrogen and oxygen atoms in total. The first-order chi connectivity index (χ1) is 7.10. The number of nitrogens with two attached hydrogens (primary N) is 1. The summed E-state index contributed by atoms with van der Waals surface area (Å²) in [4.78, 5) is 10.6. The van der Waals surface area contributed by atoms with Crippen molar-refractivity contribution in [1.82, 2.24) is 0 Å². The van der Waals surface area contributed by atoms with Gasteiger partial charge in [0.25, 0.3) is 0 Å². The first-order valence-corrected chi connectivity index (χ1v) is 4.60. The second-order valence-corrected chi connectivity index (χ2v) is 3.33. The zero-order valence-electron chi connectivity index (χ0n) is 7.83. The van der Waals surface area contributed by atoms with Crippen molar-refractivity contribution in [3.8, 4) is 6.07 Å². The number of carboxylic acids is 1. The fourth-order valence-electron chi connectivity index (χ4n) is 1.26. The Labute approximate surface area is 91.9 Å². The quantitative estimate of drug-likeness (QED) is 0.810. The van der Waals surface area contributed by atoms with Crippen molar-refractivity contribution in [3.05, 3.63) is 33.8 Å². The van der Waals surface area contributed by atoms with Crippen molar-refractivity contribution in [3.63, 3.8) is 0 Å². The summed E-state index contributed by atoms with van der Waals surface area (Å²) < 4.78 is 0. The average molecular weight is 225 g/mol. The lowest BCUT2D eigenvalue weighted by atomic mass is 10.0. The van der Waals surface area contributed by atoms with Gasteiger partial charge in [0, 0.05) is 6.54 Å². The maximum Gasteiger partial charge on any atom is 0.307 e. The number of hydrogen-bond donors (Lipinski definition) is 2. The molecule has 0 aromatic heterocycles. The third-order valence-corrected chi connectivity index (χ3v) is 2.46. The number of halogens is 1. The molecule has 0 bridgehead atoms. The van der Waals surface area contributed by atoms with Crippen LogP contribution in [0.15, 0.2) is 12.1 Å². The molecule has 0 atom stereocenters. The van der Waals surface area contributed by atoms with Crippen LogP contribution in [-0.2, 0) is 17.8 Å². The van der Waals surface area contributed by atoms with E-state index in [1.807, 2.05) is 6.07 Å². The Balaban J connectivity index is 3.30. The summed E-state index contributed by atoms with van der Waals surface area (Å²) in [5, 5.41) is 17.7. The fraction of sp³-hybridized carbons (Fsp3) is 0.200. The molecule has 0 unspecified atom stereocenters. The van der Waals surface area contributed by atoms with Gasteiger partial charge in [0.2, 0.25) is 0 Å². The average Bonchev–Trinajstić information content (AvgIpc) is 2.20. The van der Waals surface area contributed by atoms with Crippen LogP contribution in [0.3, 0.4) is 0 Å². The van der Waals surface area contributed by atoms with Crippen LogP contribution >= 0.6 is 11.6 Å². The SMILES string of the molecule is N#Cc1ccc(CN)c(Cl)c1CC(=O)O. The van der Waals surface area contributed by atoms with E-state index in [0.29, 0.717) is 11.1 Å². The van der Waals surface area contributed by atoms with Gasteiger partial charge in [-0.25, -0.2) is 0 Å². The Morgan fingerprint density at radius 3 is 2.73 bits per heavy atom. The highest BCUT2D eigenvalue weighted by Crippen LogP contribution is 2.24. The van der Waals surface area contributed by atoms with Crippen molar-refractivity contribution < 1.29 is 9.90 Å². The zero-order valence-corrected chi connectivity index (χ0v) is 8.58. The Morgan fingerprint density at radius 2 is 2.27 bits per heavy atom. The van der Waals surface area contributed by atoms with Crippen molar-refractivity contribution in [2.24, 2.45) is 5.73 Å². The van der Waals surface area contributed by atoms with Gasteiger partial charge in [0.15, 0.2) is 0 Å². The minimum atomic E-state index is -1.03. The maximum atomic E-state index is 10.6. The van der Waals surface area contributed by atoms with Gasteiger partial charge >= 0.3 is 5.97 Å². The molecular formula is C10H9ClN2O2. The molecular weight excluding hydrogens is 216 g/mol. The molecule has 0 saturated heterocycles. The molecule has 0 aliphatic rings. The molecule has 0 aliphatic heterocycles. The number of aliphatic carboxylic acids is 1. The van der Waals surface area contributed by atoms with Gasteiger partial charge in [-0.2, -0.15) is 5.26 Å². The summed E-state index contributed by atoms with van der Waals surface area (Å²) in [6, 6.07) is 5.07. The molecule has 0 radical (unpaired) electrons. The Hall–Kier alpha value is -1.57. The molecule has 3 N–H and O–H groups in total. The number of nitriles is 1. The monoisotopic (exact) mass is 224 g/mol. The standard InChI is InChI=1S/C10H9ClN2O2/c11-10-7(5-13)2-1-6(4-12)8(10)3-9(14)15/h1-2H,3,5,13H2,(H,14,15). The zero-order chi connectivity index (χ0) is 11.4. The number of carboxylic acid groups (broad SMARTS) is 1. The highest BCUT2D eigenvalue weighted by Gasteiger charge is 2.13. The summed E-state index contributed by atoms with van der Waals surface area (Å²) in [7, 11) is 0. The molecule has 0 amide bonds. The molecule has 1 aromatic rings. The Bertz CT molecular complexity index is 438. The van der Waals surface area contributed by atoms with E-state index in [0.717, 1.165) is 0 Å². The predicted octanol–water partition coefficient (Wildman–Crippen LogP) is 1.30. The van der Waals surface area contributed by atoms with Gasteiger partial charge < -0.3 is 10.8 Å². The summed E-state index contributed by atoms with van der Waals surface area (Å²) >= 11 is 5.94. The minimum absolute atomic E-state index is 0.219. The van der Waals surface area contributed by atoms with E-state index in [1.54, 1.807) is 6.07 Å². The van der Waals surface area contributed by atoms with Crippen molar-refractivity contribution in [1.29, 1.82) is 5.26 Å². The highest BCUT2D eigenvalue weighted by molar-refractivity contribution is 6.32. The number of benzene rings is 1. The molecule has 1 aromatic carbocycles. The van der Waals surface area contributed by atoms with Crippen LogP contribution in [0.1, 0.15) is 16.7 Å². The number of rotatable bonds is 3. The molecule has 1 rings (SSSR count). The number of nitrogens with zero attached hydrogens (tertiary/aromatic N) is 1. The molecule has 0 saturated carbocycles.